The molecule has 0 aromatic heterocycles. The molecular weight excluding hydrogens is 190 g/mol. The van der Waals surface area contributed by atoms with Crippen molar-refractivity contribution in [1.82, 2.24) is 4.90 Å². The quantitative estimate of drug-likeness (QED) is 0.671. The van der Waals surface area contributed by atoms with E-state index in [1.54, 1.807) is 4.90 Å². The first-order chi connectivity index (χ1) is 7.20. The SMILES string of the molecule is CCCC=CN(C=CCCC)CC(=O)O. The Kier molecular flexibility index (Phi) is 8.53. The zero-order valence-electron chi connectivity index (χ0n) is 9.65. The minimum absolute atomic E-state index is 0.0282. The number of nitrogens with zero attached hydrogens (tertiary/aromatic N) is 1. The zero-order valence-corrected chi connectivity index (χ0v) is 9.65. The number of hydrogen-bond donors (Lipinski definition) is 1. The average Bonchev–Trinajstić information content (AvgIpc) is 2.17. The normalized spacial score (nSPS) is 11.3. The van der Waals surface area contributed by atoms with Crippen molar-refractivity contribution >= 4 is 5.97 Å². The fraction of sp³-hybridized carbons (Fsp3) is 0.583. The second-order valence-electron chi connectivity index (χ2n) is 3.41. The Morgan fingerprint density at radius 3 is 1.93 bits per heavy atom. The van der Waals surface area contributed by atoms with E-state index in [9.17, 15) is 4.79 Å². The molecule has 0 saturated carbocycles. The Morgan fingerprint density at radius 1 is 1.13 bits per heavy atom. The average molecular weight is 211 g/mol. The van der Waals surface area contributed by atoms with Crippen LogP contribution in [0.4, 0.5) is 0 Å². The molecule has 15 heavy (non-hydrogen) atoms. The number of hydrogen-bond acceptors (Lipinski definition) is 2. The van der Waals surface area contributed by atoms with Gasteiger partial charge in [0.15, 0.2) is 0 Å². The Hall–Kier alpha value is -1.25. The molecule has 0 rings (SSSR count). The minimum atomic E-state index is -0.808. The monoisotopic (exact) mass is 211 g/mol. The largest absolute Gasteiger partial charge is 0.480 e. The molecule has 0 spiro atoms. The van der Waals surface area contributed by atoms with Crippen molar-refractivity contribution in [2.75, 3.05) is 6.54 Å². The summed E-state index contributed by atoms with van der Waals surface area (Å²) in [7, 11) is 0. The van der Waals surface area contributed by atoms with E-state index in [1.165, 1.54) is 0 Å². The van der Waals surface area contributed by atoms with E-state index in [1.807, 2.05) is 24.6 Å². The van der Waals surface area contributed by atoms with Crippen LogP contribution in [-0.2, 0) is 4.79 Å². The van der Waals surface area contributed by atoms with Crippen LogP contribution < -0.4 is 0 Å². The number of rotatable bonds is 8. The number of carbonyl (C=O) groups is 1. The second kappa shape index (κ2) is 9.31. The van der Waals surface area contributed by atoms with E-state index >= 15 is 0 Å². The first-order valence-corrected chi connectivity index (χ1v) is 5.51. The minimum Gasteiger partial charge on any atom is -0.480 e. The number of carboxylic acid groups (broad SMARTS) is 1. The van der Waals surface area contributed by atoms with Crippen LogP contribution in [0, 0.1) is 0 Å². The van der Waals surface area contributed by atoms with Crippen molar-refractivity contribution in [1.29, 1.82) is 0 Å². The van der Waals surface area contributed by atoms with Crippen LogP contribution in [0.15, 0.2) is 24.6 Å². The molecular formula is C12H21NO2. The Labute approximate surface area is 92.1 Å². The maximum absolute atomic E-state index is 10.6. The van der Waals surface area contributed by atoms with Crippen LogP contribution in [0.25, 0.3) is 0 Å². The summed E-state index contributed by atoms with van der Waals surface area (Å²) in [4.78, 5) is 12.3. The van der Waals surface area contributed by atoms with Crippen LogP contribution in [0.2, 0.25) is 0 Å². The van der Waals surface area contributed by atoms with Crippen molar-refractivity contribution in [2.24, 2.45) is 0 Å². The molecule has 0 aromatic rings. The van der Waals surface area contributed by atoms with E-state index in [-0.39, 0.29) is 6.54 Å². The van der Waals surface area contributed by atoms with Gasteiger partial charge in [-0.3, -0.25) is 4.79 Å². The maximum Gasteiger partial charge on any atom is 0.323 e. The van der Waals surface area contributed by atoms with Crippen LogP contribution in [-0.4, -0.2) is 22.5 Å². The number of aliphatic carboxylic acids is 1. The predicted octanol–water partition coefficient (Wildman–Crippen LogP) is 3.00. The first-order valence-electron chi connectivity index (χ1n) is 5.51. The molecule has 86 valence electrons. The van der Waals surface area contributed by atoms with Crippen molar-refractivity contribution < 1.29 is 9.90 Å². The smallest absolute Gasteiger partial charge is 0.323 e. The fourth-order valence-corrected chi connectivity index (χ4v) is 1.06. The molecule has 0 heterocycles. The maximum atomic E-state index is 10.6. The van der Waals surface area contributed by atoms with Crippen LogP contribution in [0.3, 0.4) is 0 Å². The number of carboxylic acids is 1. The Morgan fingerprint density at radius 2 is 1.60 bits per heavy atom. The van der Waals surface area contributed by atoms with Crippen LogP contribution in [0.1, 0.15) is 39.5 Å². The van der Waals surface area contributed by atoms with Crippen molar-refractivity contribution in [3.05, 3.63) is 24.6 Å². The third kappa shape index (κ3) is 9.06. The summed E-state index contributed by atoms with van der Waals surface area (Å²) >= 11 is 0. The van der Waals surface area contributed by atoms with Gasteiger partial charge in [0.1, 0.15) is 6.54 Å². The molecule has 3 heteroatoms. The fourth-order valence-electron chi connectivity index (χ4n) is 1.06. The number of allylic oxidation sites excluding steroid dienone is 2. The van der Waals surface area contributed by atoms with Gasteiger partial charge in [-0.25, -0.2) is 0 Å². The van der Waals surface area contributed by atoms with Gasteiger partial charge in [-0.05, 0) is 12.8 Å². The molecule has 0 aliphatic carbocycles. The van der Waals surface area contributed by atoms with E-state index in [0.717, 1.165) is 25.7 Å². The third-order valence-corrected chi connectivity index (χ3v) is 1.82. The lowest BCUT2D eigenvalue weighted by molar-refractivity contribution is -0.137. The molecule has 0 atom stereocenters. The second-order valence-corrected chi connectivity index (χ2v) is 3.41. The predicted molar refractivity (Wildman–Crippen MR) is 62.4 cm³/mol. The van der Waals surface area contributed by atoms with Crippen LogP contribution >= 0.6 is 0 Å². The van der Waals surface area contributed by atoms with Gasteiger partial charge in [0, 0.05) is 12.4 Å². The molecule has 0 fully saturated rings. The highest BCUT2D eigenvalue weighted by Crippen LogP contribution is 1.98. The van der Waals surface area contributed by atoms with Gasteiger partial charge in [0.05, 0.1) is 0 Å². The Bertz CT molecular complexity index is 206. The molecule has 0 amide bonds. The topological polar surface area (TPSA) is 40.5 Å². The lowest BCUT2D eigenvalue weighted by Crippen LogP contribution is -2.19. The molecule has 0 unspecified atom stereocenters. The van der Waals surface area contributed by atoms with Crippen molar-refractivity contribution in [3.8, 4) is 0 Å². The molecule has 0 radical (unpaired) electrons. The first kappa shape index (κ1) is 13.8. The van der Waals surface area contributed by atoms with Gasteiger partial charge in [-0.1, -0.05) is 38.8 Å². The molecule has 0 bridgehead atoms. The Balaban J connectivity index is 4.11. The molecule has 0 aliphatic heterocycles. The molecule has 0 aromatic carbocycles. The molecule has 1 N–H and O–H groups in total. The van der Waals surface area contributed by atoms with Crippen molar-refractivity contribution in [2.45, 2.75) is 39.5 Å². The van der Waals surface area contributed by atoms with E-state index < -0.39 is 5.97 Å². The highest BCUT2D eigenvalue weighted by Gasteiger charge is 2.00. The van der Waals surface area contributed by atoms with E-state index in [4.69, 9.17) is 5.11 Å². The summed E-state index contributed by atoms with van der Waals surface area (Å²) < 4.78 is 0. The summed E-state index contributed by atoms with van der Waals surface area (Å²) in [6.07, 6.45) is 11.8. The van der Waals surface area contributed by atoms with Gasteiger partial charge < -0.3 is 10.0 Å². The summed E-state index contributed by atoms with van der Waals surface area (Å²) in [6.45, 7) is 4.22. The molecule has 3 nitrogen and oxygen atoms in total. The van der Waals surface area contributed by atoms with Gasteiger partial charge in [-0.2, -0.15) is 0 Å². The summed E-state index contributed by atoms with van der Waals surface area (Å²) in [5.41, 5.74) is 0. The standard InChI is InChI=1S/C12H21NO2/c1-3-5-7-9-13(11-12(14)15)10-8-6-4-2/h7-10H,3-6,11H2,1-2H3,(H,14,15). The zero-order chi connectivity index (χ0) is 11.5. The van der Waals surface area contributed by atoms with E-state index in [2.05, 4.69) is 13.8 Å². The highest BCUT2D eigenvalue weighted by molar-refractivity contribution is 5.69. The van der Waals surface area contributed by atoms with Crippen molar-refractivity contribution in [3.63, 3.8) is 0 Å². The summed E-state index contributed by atoms with van der Waals surface area (Å²) in [5.74, 6) is -0.808. The molecule has 0 saturated heterocycles. The molecule has 0 aliphatic rings. The number of unbranched alkanes of at least 4 members (excludes halogenated alkanes) is 2. The van der Waals surface area contributed by atoms with Gasteiger partial charge in [0.25, 0.3) is 0 Å². The van der Waals surface area contributed by atoms with Crippen LogP contribution in [0.5, 0.6) is 0 Å². The third-order valence-electron chi connectivity index (χ3n) is 1.82. The lowest BCUT2D eigenvalue weighted by atomic mass is 10.3. The van der Waals surface area contributed by atoms with E-state index in [0.29, 0.717) is 0 Å². The lowest BCUT2D eigenvalue weighted by Gasteiger charge is -2.11. The van der Waals surface area contributed by atoms with Gasteiger partial charge in [-0.15, -0.1) is 0 Å². The van der Waals surface area contributed by atoms with Gasteiger partial charge >= 0.3 is 5.97 Å². The summed E-state index contributed by atoms with van der Waals surface area (Å²) in [5, 5.41) is 8.69. The summed E-state index contributed by atoms with van der Waals surface area (Å²) in [6, 6.07) is 0. The van der Waals surface area contributed by atoms with Gasteiger partial charge in [0.2, 0.25) is 0 Å². The highest BCUT2D eigenvalue weighted by atomic mass is 16.4.